The van der Waals surface area contributed by atoms with E-state index in [2.05, 4.69) is 193 Å². The number of hydrogen-bond donors (Lipinski definition) is 0. The van der Waals surface area contributed by atoms with Gasteiger partial charge in [0.15, 0.2) is 0 Å². The third-order valence-corrected chi connectivity index (χ3v) is 11.7. The lowest BCUT2D eigenvalue weighted by molar-refractivity contribution is 1.14. The number of fused-ring (bicyclic) bond motifs is 9. The maximum atomic E-state index is 5.08. The lowest BCUT2D eigenvalue weighted by Gasteiger charge is -2.20. The molecule has 1 aliphatic rings. The third-order valence-electron chi connectivity index (χ3n) is 11.7. The molecule has 2 heteroatoms. The average molecular weight is 697 g/mol. The van der Waals surface area contributed by atoms with E-state index in [1.54, 1.807) is 0 Å². The van der Waals surface area contributed by atoms with Gasteiger partial charge in [0, 0.05) is 28.0 Å². The first-order valence-corrected chi connectivity index (χ1v) is 19.0. The highest BCUT2D eigenvalue weighted by Gasteiger charge is 2.31. The van der Waals surface area contributed by atoms with E-state index >= 15 is 0 Å². The van der Waals surface area contributed by atoms with Crippen molar-refractivity contribution in [2.45, 2.75) is 0 Å². The number of pyridine rings is 1. The zero-order valence-corrected chi connectivity index (χ0v) is 29.9. The fraction of sp³-hybridized carbons (Fsp3) is 0. The summed E-state index contributed by atoms with van der Waals surface area (Å²) in [5, 5.41) is 9.89. The van der Waals surface area contributed by atoms with E-state index in [0.717, 1.165) is 22.2 Å². The summed E-state index contributed by atoms with van der Waals surface area (Å²) in [5.41, 5.74) is 16.0. The Bertz CT molecular complexity index is 3250. The van der Waals surface area contributed by atoms with Crippen molar-refractivity contribution in [2.24, 2.45) is 0 Å². The van der Waals surface area contributed by atoms with Crippen LogP contribution in [0.4, 0.5) is 0 Å². The van der Waals surface area contributed by atoms with Gasteiger partial charge in [0.2, 0.25) is 0 Å². The Morgan fingerprint density at radius 3 is 1.60 bits per heavy atom. The molecule has 2 heterocycles. The molecule has 0 unspecified atom stereocenters. The van der Waals surface area contributed by atoms with Gasteiger partial charge in [-0.3, -0.25) is 4.57 Å². The van der Waals surface area contributed by atoms with E-state index in [1.807, 2.05) is 6.20 Å². The summed E-state index contributed by atoms with van der Waals surface area (Å²) < 4.78 is 2.31. The van der Waals surface area contributed by atoms with Crippen molar-refractivity contribution in [3.63, 3.8) is 0 Å². The standard InChI is InChI=1S/C53H32N2/c1-4-15-33(16-5-1)47-41-23-12-13-24-42(41)48(34-17-6-2-7-18-34)52-44-29-28-38(40-25-14-26-43(49(40)44)51(47)52)35-27-30-46-45(31-35)50-39-22-11-10-19-36(39)32-54-53(50)55(46)37-20-8-3-9-21-37/h1-32H. The van der Waals surface area contributed by atoms with Crippen LogP contribution in [-0.4, -0.2) is 9.55 Å². The van der Waals surface area contributed by atoms with Crippen LogP contribution < -0.4 is 0 Å². The molecule has 0 saturated carbocycles. The molecule has 0 atom stereocenters. The Balaban J connectivity index is 1.17. The van der Waals surface area contributed by atoms with Crippen LogP contribution in [-0.2, 0) is 0 Å². The molecule has 0 fully saturated rings. The minimum absolute atomic E-state index is 0.974. The van der Waals surface area contributed by atoms with Crippen molar-refractivity contribution >= 4 is 54.3 Å². The molecular formula is C53H32N2. The number of para-hydroxylation sites is 1. The fourth-order valence-electron chi connectivity index (χ4n) is 9.50. The van der Waals surface area contributed by atoms with E-state index in [1.165, 1.54) is 93.3 Å². The smallest absolute Gasteiger partial charge is 0.146 e. The number of aromatic nitrogens is 2. The molecule has 0 radical (unpaired) electrons. The van der Waals surface area contributed by atoms with Gasteiger partial charge >= 0.3 is 0 Å². The van der Waals surface area contributed by atoms with Gasteiger partial charge in [-0.05, 0) is 107 Å². The molecule has 0 N–H and O–H groups in total. The Kier molecular flexibility index (Phi) is 6.37. The first kappa shape index (κ1) is 30.2. The molecule has 9 aromatic carbocycles. The summed E-state index contributed by atoms with van der Waals surface area (Å²) in [5.74, 6) is 0. The van der Waals surface area contributed by atoms with Crippen LogP contribution in [0.15, 0.2) is 194 Å². The topological polar surface area (TPSA) is 17.8 Å². The summed E-state index contributed by atoms with van der Waals surface area (Å²) in [6.45, 7) is 0. The minimum Gasteiger partial charge on any atom is -0.294 e. The van der Waals surface area contributed by atoms with Gasteiger partial charge in [-0.2, -0.15) is 0 Å². The predicted octanol–water partition coefficient (Wildman–Crippen LogP) is 14.3. The molecule has 12 rings (SSSR count). The minimum atomic E-state index is 0.974. The molecule has 254 valence electrons. The highest BCUT2D eigenvalue weighted by atomic mass is 15.0. The summed E-state index contributed by atoms with van der Waals surface area (Å²) in [4.78, 5) is 5.08. The highest BCUT2D eigenvalue weighted by molar-refractivity contribution is 6.29. The number of nitrogens with zero attached hydrogens (tertiary/aromatic N) is 2. The van der Waals surface area contributed by atoms with Crippen LogP contribution >= 0.6 is 0 Å². The van der Waals surface area contributed by atoms with Crippen LogP contribution in [0, 0.1) is 0 Å². The Morgan fingerprint density at radius 1 is 0.345 bits per heavy atom. The monoisotopic (exact) mass is 696 g/mol. The van der Waals surface area contributed by atoms with Gasteiger partial charge < -0.3 is 0 Å². The third kappa shape index (κ3) is 4.28. The van der Waals surface area contributed by atoms with Crippen molar-refractivity contribution in [1.82, 2.24) is 9.55 Å². The second kappa shape index (κ2) is 11.6. The van der Waals surface area contributed by atoms with E-state index in [4.69, 9.17) is 4.98 Å². The maximum Gasteiger partial charge on any atom is 0.146 e. The summed E-state index contributed by atoms with van der Waals surface area (Å²) >= 11 is 0. The lowest BCUT2D eigenvalue weighted by Crippen LogP contribution is -1.95. The molecule has 0 spiro atoms. The zero-order chi connectivity index (χ0) is 36.0. The Morgan fingerprint density at radius 2 is 0.909 bits per heavy atom. The van der Waals surface area contributed by atoms with Gasteiger partial charge in [0.1, 0.15) is 5.65 Å². The van der Waals surface area contributed by atoms with Crippen molar-refractivity contribution < 1.29 is 0 Å². The largest absolute Gasteiger partial charge is 0.294 e. The molecule has 2 aromatic heterocycles. The molecule has 1 aliphatic carbocycles. The second-order valence-electron chi connectivity index (χ2n) is 14.6. The quantitative estimate of drug-likeness (QED) is 0.179. The van der Waals surface area contributed by atoms with Gasteiger partial charge in [0.25, 0.3) is 0 Å². The normalized spacial score (nSPS) is 12.0. The average Bonchev–Trinajstić information content (AvgIpc) is 3.77. The molecule has 0 aliphatic heterocycles. The van der Waals surface area contributed by atoms with Crippen molar-refractivity contribution in [3.05, 3.63) is 194 Å². The van der Waals surface area contributed by atoms with Gasteiger partial charge in [-0.25, -0.2) is 4.98 Å². The molecule has 2 nitrogen and oxygen atoms in total. The molecule has 11 aromatic rings. The number of hydrogen-bond acceptors (Lipinski definition) is 1. The highest BCUT2D eigenvalue weighted by Crippen LogP contribution is 2.58. The number of benzene rings is 9. The molecule has 0 bridgehead atoms. The van der Waals surface area contributed by atoms with Crippen LogP contribution in [0.2, 0.25) is 0 Å². The van der Waals surface area contributed by atoms with Crippen LogP contribution in [0.1, 0.15) is 0 Å². The van der Waals surface area contributed by atoms with Gasteiger partial charge in [0.05, 0.1) is 5.52 Å². The maximum absolute atomic E-state index is 5.08. The van der Waals surface area contributed by atoms with E-state index in [0.29, 0.717) is 0 Å². The first-order chi connectivity index (χ1) is 27.3. The van der Waals surface area contributed by atoms with E-state index in [-0.39, 0.29) is 0 Å². The Labute approximate surface area is 318 Å². The van der Waals surface area contributed by atoms with E-state index < -0.39 is 0 Å². The van der Waals surface area contributed by atoms with Gasteiger partial charge in [-0.15, -0.1) is 0 Å². The number of rotatable bonds is 4. The van der Waals surface area contributed by atoms with Crippen LogP contribution in [0.5, 0.6) is 0 Å². The van der Waals surface area contributed by atoms with Crippen LogP contribution in [0.3, 0.4) is 0 Å². The molecular weight excluding hydrogens is 665 g/mol. The zero-order valence-electron chi connectivity index (χ0n) is 29.9. The lowest BCUT2D eigenvalue weighted by atomic mass is 9.82. The summed E-state index contributed by atoms with van der Waals surface area (Å²) in [6, 6.07) is 68.8. The predicted molar refractivity (Wildman–Crippen MR) is 232 cm³/mol. The molecule has 55 heavy (non-hydrogen) atoms. The van der Waals surface area contributed by atoms with Crippen molar-refractivity contribution in [2.75, 3.05) is 0 Å². The van der Waals surface area contributed by atoms with Gasteiger partial charge in [-0.1, -0.05) is 164 Å². The summed E-state index contributed by atoms with van der Waals surface area (Å²) in [6.07, 6.45) is 2.01. The fourth-order valence-corrected chi connectivity index (χ4v) is 9.50. The summed E-state index contributed by atoms with van der Waals surface area (Å²) in [7, 11) is 0. The van der Waals surface area contributed by atoms with Crippen molar-refractivity contribution in [3.8, 4) is 61.3 Å². The molecule has 0 saturated heterocycles. The molecule has 0 amide bonds. The SMILES string of the molecule is c1ccc(-c2c3c(c(-c4ccccc4)c4ccccc24)-c2ccc(-c4ccc5c(c4)c4c6ccccc6cnc4n5-c4ccccc4)c4cccc-3c24)cc1. The van der Waals surface area contributed by atoms with Crippen LogP contribution in [0.25, 0.3) is 116 Å². The Hall–Kier alpha value is -7.29. The second-order valence-corrected chi connectivity index (χ2v) is 14.6. The van der Waals surface area contributed by atoms with Crippen molar-refractivity contribution in [1.29, 1.82) is 0 Å². The van der Waals surface area contributed by atoms with E-state index in [9.17, 15) is 0 Å². The first-order valence-electron chi connectivity index (χ1n) is 19.0.